The van der Waals surface area contributed by atoms with Crippen LogP contribution in [0, 0.1) is 6.92 Å². The molecule has 0 atom stereocenters. The lowest BCUT2D eigenvalue weighted by Gasteiger charge is -2.15. The number of hydrogen-bond acceptors (Lipinski definition) is 4. The highest BCUT2D eigenvalue weighted by Gasteiger charge is 2.11. The van der Waals surface area contributed by atoms with Crippen molar-refractivity contribution in [2.75, 3.05) is 20.8 Å². The lowest BCUT2D eigenvalue weighted by Crippen LogP contribution is -2.28. The second-order valence-electron chi connectivity index (χ2n) is 6.45. The number of carbonyl (C=O) groups excluding carboxylic acids is 1. The monoisotopic (exact) mass is 357 g/mol. The second kappa shape index (κ2) is 9.13. The Bertz CT molecular complexity index is 756. The fourth-order valence-electron chi connectivity index (χ4n) is 2.63. The number of nitrogens with one attached hydrogen (secondary N) is 1. The van der Waals surface area contributed by atoms with Crippen LogP contribution >= 0.6 is 0 Å². The van der Waals surface area contributed by atoms with Gasteiger partial charge in [0.05, 0.1) is 14.2 Å². The Morgan fingerprint density at radius 3 is 2.38 bits per heavy atom. The van der Waals surface area contributed by atoms with Crippen molar-refractivity contribution in [1.82, 2.24) is 5.32 Å². The molecule has 140 valence electrons. The van der Waals surface area contributed by atoms with Crippen molar-refractivity contribution >= 4 is 5.91 Å². The van der Waals surface area contributed by atoms with Crippen molar-refractivity contribution in [3.8, 4) is 17.2 Å². The fraction of sp³-hybridized carbons (Fsp3) is 0.381. The van der Waals surface area contributed by atoms with E-state index in [1.54, 1.807) is 14.2 Å². The Balaban J connectivity index is 1.93. The van der Waals surface area contributed by atoms with Gasteiger partial charge in [-0.25, -0.2) is 0 Å². The molecule has 0 heterocycles. The highest BCUT2D eigenvalue weighted by Crippen LogP contribution is 2.28. The van der Waals surface area contributed by atoms with Gasteiger partial charge in [-0.05, 0) is 47.7 Å². The van der Waals surface area contributed by atoms with E-state index in [2.05, 4.69) is 31.3 Å². The normalized spacial score (nSPS) is 10.5. The summed E-state index contributed by atoms with van der Waals surface area (Å²) in [6.07, 6.45) is 0. The molecule has 2 aromatic carbocycles. The summed E-state index contributed by atoms with van der Waals surface area (Å²) < 4.78 is 16.2. The first kappa shape index (κ1) is 19.6. The molecule has 1 amide bonds. The smallest absolute Gasteiger partial charge is 0.258 e. The summed E-state index contributed by atoms with van der Waals surface area (Å²) in [5, 5.41) is 2.86. The number of methoxy groups -OCH3 is 2. The molecular weight excluding hydrogens is 330 g/mol. The summed E-state index contributed by atoms with van der Waals surface area (Å²) in [7, 11) is 3.18. The Morgan fingerprint density at radius 1 is 1.00 bits per heavy atom. The predicted molar refractivity (Wildman–Crippen MR) is 102 cm³/mol. The molecular formula is C21H27NO4. The van der Waals surface area contributed by atoms with Gasteiger partial charge in [0.2, 0.25) is 0 Å². The summed E-state index contributed by atoms with van der Waals surface area (Å²) in [6, 6.07) is 11.6. The molecule has 0 bridgehead atoms. The van der Waals surface area contributed by atoms with Gasteiger partial charge in [-0.2, -0.15) is 0 Å². The summed E-state index contributed by atoms with van der Waals surface area (Å²) >= 11 is 0. The van der Waals surface area contributed by atoms with Crippen LogP contribution in [-0.4, -0.2) is 26.7 Å². The van der Waals surface area contributed by atoms with Crippen LogP contribution in [0.1, 0.15) is 36.5 Å². The van der Waals surface area contributed by atoms with Crippen LogP contribution < -0.4 is 19.5 Å². The molecule has 0 aliphatic carbocycles. The molecule has 2 rings (SSSR count). The Kier molecular flexibility index (Phi) is 6.89. The van der Waals surface area contributed by atoms with Crippen molar-refractivity contribution in [2.45, 2.75) is 33.2 Å². The highest BCUT2D eigenvalue weighted by atomic mass is 16.5. The van der Waals surface area contributed by atoms with E-state index in [1.165, 1.54) is 0 Å². The summed E-state index contributed by atoms with van der Waals surface area (Å²) in [5.74, 6) is 2.22. The van der Waals surface area contributed by atoms with E-state index in [0.29, 0.717) is 24.0 Å². The summed E-state index contributed by atoms with van der Waals surface area (Å²) in [4.78, 5) is 12.1. The van der Waals surface area contributed by atoms with Crippen molar-refractivity contribution in [3.63, 3.8) is 0 Å². The van der Waals surface area contributed by atoms with Gasteiger partial charge in [-0.3, -0.25) is 4.79 Å². The van der Waals surface area contributed by atoms with E-state index < -0.39 is 0 Å². The molecule has 0 aliphatic heterocycles. The number of rotatable bonds is 8. The average molecular weight is 357 g/mol. The molecule has 0 aromatic heterocycles. The summed E-state index contributed by atoms with van der Waals surface area (Å²) in [5.41, 5.74) is 3.13. The Hall–Kier alpha value is -2.69. The van der Waals surface area contributed by atoms with Crippen molar-refractivity contribution < 1.29 is 19.0 Å². The zero-order chi connectivity index (χ0) is 19.1. The van der Waals surface area contributed by atoms with Crippen LogP contribution in [0.4, 0.5) is 0 Å². The molecule has 0 aliphatic rings. The van der Waals surface area contributed by atoms with Gasteiger partial charge in [0, 0.05) is 6.54 Å². The molecule has 5 nitrogen and oxygen atoms in total. The van der Waals surface area contributed by atoms with Crippen LogP contribution in [0.25, 0.3) is 0 Å². The molecule has 0 fully saturated rings. The first-order valence-electron chi connectivity index (χ1n) is 8.65. The zero-order valence-electron chi connectivity index (χ0n) is 16.1. The number of benzene rings is 2. The van der Waals surface area contributed by atoms with Crippen molar-refractivity contribution in [1.29, 1.82) is 0 Å². The third kappa shape index (κ3) is 5.15. The third-order valence-corrected chi connectivity index (χ3v) is 4.09. The molecule has 0 saturated carbocycles. The molecule has 1 N–H and O–H groups in total. The minimum Gasteiger partial charge on any atom is -0.493 e. The molecule has 0 unspecified atom stereocenters. The third-order valence-electron chi connectivity index (χ3n) is 4.09. The van der Waals surface area contributed by atoms with E-state index >= 15 is 0 Å². The molecule has 0 saturated heterocycles. The lowest BCUT2D eigenvalue weighted by molar-refractivity contribution is -0.123. The van der Waals surface area contributed by atoms with Crippen LogP contribution in [-0.2, 0) is 11.3 Å². The van der Waals surface area contributed by atoms with E-state index in [0.717, 1.165) is 22.4 Å². The molecule has 2 aromatic rings. The van der Waals surface area contributed by atoms with Crippen LogP contribution in [0.3, 0.4) is 0 Å². The second-order valence-corrected chi connectivity index (χ2v) is 6.45. The minimum atomic E-state index is -0.170. The SMILES string of the molecule is COc1ccc(CNC(=O)COc2cc(C)ccc2C(C)C)cc1OC. The molecule has 5 heteroatoms. The van der Waals surface area contributed by atoms with Gasteiger partial charge in [0.1, 0.15) is 5.75 Å². The Morgan fingerprint density at radius 2 is 1.73 bits per heavy atom. The predicted octanol–water partition coefficient (Wildman–Crippen LogP) is 3.83. The van der Waals surface area contributed by atoms with Gasteiger partial charge < -0.3 is 19.5 Å². The number of hydrogen-bond donors (Lipinski definition) is 1. The van der Waals surface area contributed by atoms with E-state index in [1.807, 2.05) is 31.2 Å². The Labute approximate surface area is 155 Å². The lowest BCUT2D eigenvalue weighted by atomic mass is 10.0. The topological polar surface area (TPSA) is 56.8 Å². The number of aryl methyl sites for hydroxylation is 1. The van der Waals surface area contributed by atoms with E-state index in [-0.39, 0.29) is 12.5 Å². The van der Waals surface area contributed by atoms with Gasteiger partial charge >= 0.3 is 0 Å². The van der Waals surface area contributed by atoms with Gasteiger partial charge in [-0.15, -0.1) is 0 Å². The zero-order valence-corrected chi connectivity index (χ0v) is 16.1. The van der Waals surface area contributed by atoms with Crippen LogP contribution in [0.15, 0.2) is 36.4 Å². The van der Waals surface area contributed by atoms with Gasteiger partial charge in [0.15, 0.2) is 18.1 Å². The standard InChI is InChI=1S/C21H27NO4/c1-14(2)17-8-6-15(3)10-19(17)26-13-21(23)22-12-16-7-9-18(24-4)20(11-16)25-5/h6-11,14H,12-13H2,1-5H3,(H,22,23). The number of ether oxygens (including phenoxy) is 3. The minimum absolute atomic E-state index is 0.0174. The summed E-state index contributed by atoms with van der Waals surface area (Å²) in [6.45, 7) is 6.60. The van der Waals surface area contributed by atoms with Crippen molar-refractivity contribution in [3.05, 3.63) is 53.1 Å². The first-order valence-corrected chi connectivity index (χ1v) is 8.65. The fourth-order valence-corrected chi connectivity index (χ4v) is 2.63. The van der Waals surface area contributed by atoms with E-state index in [4.69, 9.17) is 14.2 Å². The maximum absolute atomic E-state index is 12.1. The van der Waals surface area contributed by atoms with Crippen molar-refractivity contribution in [2.24, 2.45) is 0 Å². The van der Waals surface area contributed by atoms with Gasteiger partial charge in [0.25, 0.3) is 5.91 Å². The molecule has 26 heavy (non-hydrogen) atoms. The maximum Gasteiger partial charge on any atom is 0.258 e. The van der Waals surface area contributed by atoms with Crippen LogP contribution in [0.5, 0.6) is 17.2 Å². The molecule has 0 spiro atoms. The maximum atomic E-state index is 12.1. The largest absolute Gasteiger partial charge is 0.493 e. The quantitative estimate of drug-likeness (QED) is 0.780. The molecule has 0 radical (unpaired) electrons. The number of amides is 1. The highest BCUT2D eigenvalue weighted by molar-refractivity contribution is 5.77. The first-order chi connectivity index (χ1) is 12.4. The van der Waals surface area contributed by atoms with Crippen LogP contribution in [0.2, 0.25) is 0 Å². The average Bonchev–Trinajstić information content (AvgIpc) is 2.64. The number of carbonyl (C=O) groups is 1. The van der Waals surface area contributed by atoms with Gasteiger partial charge in [-0.1, -0.05) is 32.0 Å². The van der Waals surface area contributed by atoms with E-state index in [9.17, 15) is 4.79 Å².